The summed E-state index contributed by atoms with van der Waals surface area (Å²) >= 11 is 0. The van der Waals surface area contributed by atoms with Crippen molar-refractivity contribution >= 4 is 15.9 Å². The molecule has 204 valence electrons. The van der Waals surface area contributed by atoms with E-state index in [0.29, 0.717) is 11.5 Å². The highest BCUT2D eigenvalue weighted by Gasteiger charge is 2.36. The zero-order valence-electron chi connectivity index (χ0n) is 21.9. The highest BCUT2D eigenvalue weighted by atomic mass is 32.2. The van der Waals surface area contributed by atoms with E-state index in [2.05, 4.69) is 16.8 Å². The quantitative estimate of drug-likeness (QED) is 0.562. The van der Waals surface area contributed by atoms with Crippen molar-refractivity contribution in [1.29, 1.82) is 0 Å². The van der Waals surface area contributed by atoms with Crippen LogP contribution in [0.2, 0.25) is 0 Å². The van der Waals surface area contributed by atoms with Crippen LogP contribution in [0.25, 0.3) is 0 Å². The lowest BCUT2D eigenvalue weighted by molar-refractivity contribution is 0.0373. The molecular formula is C28H34FN3O5S. The maximum absolute atomic E-state index is 13.7. The molecule has 1 N–H and O–H groups in total. The highest BCUT2D eigenvalue weighted by Crippen LogP contribution is 2.29. The molecule has 2 heterocycles. The number of fused-ring (bicyclic) bond motifs is 1. The fourth-order valence-electron chi connectivity index (χ4n) is 4.80. The number of pyridine rings is 1. The number of benzene rings is 1. The van der Waals surface area contributed by atoms with Gasteiger partial charge >= 0.3 is 0 Å². The third-order valence-electron chi connectivity index (χ3n) is 7.24. The average molecular weight is 544 g/mol. The summed E-state index contributed by atoms with van der Waals surface area (Å²) in [5.41, 5.74) is 0.816. The number of hydrogen-bond acceptors (Lipinski definition) is 6. The van der Waals surface area contributed by atoms with Crippen molar-refractivity contribution < 1.29 is 27.4 Å². The fraction of sp³-hybridized carbons (Fsp3) is 0.500. The van der Waals surface area contributed by atoms with Gasteiger partial charge in [-0.05, 0) is 44.0 Å². The Kier molecular flexibility index (Phi) is 8.71. The highest BCUT2D eigenvalue weighted by molar-refractivity contribution is 7.89. The Morgan fingerprint density at radius 2 is 2.03 bits per heavy atom. The van der Waals surface area contributed by atoms with Crippen LogP contribution in [0.5, 0.6) is 5.88 Å². The average Bonchev–Trinajstić information content (AvgIpc) is 3.43. The summed E-state index contributed by atoms with van der Waals surface area (Å²) < 4.78 is 47.3. The number of rotatable bonds is 6. The number of sulfonamides is 1. The van der Waals surface area contributed by atoms with E-state index in [1.807, 2.05) is 6.92 Å². The number of ether oxygens (including phenoxy) is 1. The zero-order chi connectivity index (χ0) is 27.4. The van der Waals surface area contributed by atoms with Gasteiger partial charge in [0.1, 0.15) is 17.5 Å². The van der Waals surface area contributed by atoms with E-state index in [-0.39, 0.29) is 47.9 Å². The van der Waals surface area contributed by atoms with Gasteiger partial charge in [-0.2, -0.15) is 4.31 Å². The molecule has 8 nitrogen and oxygen atoms in total. The lowest BCUT2D eigenvalue weighted by atomic mass is 10.00. The molecule has 10 heteroatoms. The number of amides is 1. The zero-order valence-corrected chi connectivity index (χ0v) is 22.7. The Morgan fingerprint density at radius 1 is 1.29 bits per heavy atom. The molecule has 1 aliphatic carbocycles. The number of aliphatic hydroxyl groups excluding tert-OH is 1. The van der Waals surface area contributed by atoms with E-state index >= 15 is 0 Å². The summed E-state index contributed by atoms with van der Waals surface area (Å²) in [5, 5.41) is 9.85. The van der Waals surface area contributed by atoms with Crippen LogP contribution in [0.1, 0.15) is 55.5 Å². The van der Waals surface area contributed by atoms with Gasteiger partial charge in [-0.25, -0.2) is 17.8 Å². The van der Waals surface area contributed by atoms with Crippen LogP contribution < -0.4 is 4.74 Å². The number of carbonyl (C=O) groups excluding carboxylic acids is 1. The molecule has 0 bridgehead atoms. The molecule has 1 aromatic carbocycles. The van der Waals surface area contributed by atoms with Gasteiger partial charge in [-0.3, -0.25) is 4.79 Å². The van der Waals surface area contributed by atoms with E-state index in [1.54, 1.807) is 24.1 Å². The second-order valence-electron chi connectivity index (χ2n) is 10.2. The summed E-state index contributed by atoms with van der Waals surface area (Å²) in [7, 11) is -2.59. The third-order valence-corrected chi connectivity index (χ3v) is 9.06. The summed E-state index contributed by atoms with van der Waals surface area (Å²) in [6.45, 7) is 3.54. The maximum Gasteiger partial charge on any atom is 0.259 e. The fourth-order valence-corrected chi connectivity index (χ4v) is 6.02. The number of likely N-dealkylation sites (N-methyl/N-ethyl adjacent to an activating group) is 1. The Hall–Kier alpha value is -3.00. The van der Waals surface area contributed by atoms with Gasteiger partial charge in [0.15, 0.2) is 0 Å². The largest absolute Gasteiger partial charge is 0.472 e. The van der Waals surface area contributed by atoms with Crippen LogP contribution in [0.15, 0.2) is 41.4 Å². The number of hydrogen-bond donors (Lipinski definition) is 1. The number of aromatic nitrogens is 1. The van der Waals surface area contributed by atoms with Crippen molar-refractivity contribution in [3.63, 3.8) is 0 Å². The van der Waals surface area contributed by atoms with E-state index in [4.69, 9.17) is 4.74 Å². The summed E-state index contributed by atoms with van der Waals surface area (Å²) in [5.74, 6) is 5.56. The summed E-state index contributed by atoms with van der Waals surface area (Å²) in [6.07, 6.45) is 5.37. The van der Waals surface area contributed by atoms with Crippen LogP contribution in [0.4, 0.5) is 4.39 Å². The third kappa shape index (κ3) is 6.17. The molecule has 38 heavy (non-hydrogen) atoms. The Labute approximate surface area is 223 Å². The molecule has 0 saturated heterocycles. The normalized spacial score (nSPS) is 21.2. The predicted octanol–water partition coefficient (Wildman–Crippen LogP) is 3.30. The van der Waals surface area contributed by atoms with Gasteiger partial charge in [0, 0.05) is 37.2 Å². The first-order valence-corrected chi connectivity index (χ1v) is 14.4. The molecule has 2 aliphatic rings. The molecule has 0 spiro atoms. The number of carbonyl (C=O) groups is 1. The van der Waals surface area contributed by atoms with Crippen molar-refractivity contribution in [3.8, 4) is 17.7 Å². The maximum atomic E-state index is 13.7. The van der Waals surface area contributed by atoms with E-state index in [9.17, 15) is 22.7 Å². The molecule has 0 radical (unpaired) electrons. The van der Waals surface area contributed by atoms with Gasteiger partial charge in [0.2, 0.25) is 15.9 Å². The van der Waals surface area contributed by atoms with Crippen LogP contribution in [0, 0.1) is 29.5 Å². The Balaban J connectivity index is 1.66. The van der Waals surface area contributed by atoms with Gasteiger partial charge in [0.25, 0.3) is 5.91 Å². The predicted molar refractivity (Wildman–Crippen MR) is 140 cm³/mol. The second kappa shape index (κ2) is 11.8. The van der Waals surface area contributed by atoms with Crippen molar-refractivity contribution in [1.82, 2.24) is 14.2 Å². The lowest BCUT2D eigenvalue weighted by Gasteiger charge is -2.37. The van der Waals surface area contributed by atoms with Crippen molar-refractivity contribution in [2.45, 2.75) is 56.6 Å². The topological polar surface area (TPSA) is 100 Å². The Bertz CT molecular complexity index is 1330. The molecule has 1 fully saturated rings. The number of aliphatic hydroxyl groups is 1. The van der Waals surface area contributed by atoms with Gasteiger partial charge < -0.3 is 14.7 Å². The standard InChI is InChI=1S/C28H34FN3O5S/c1-19-16-32(20(2)18-33)28(34)25-13-22(12-11-21-7-4-5-8-21)15-30-27(25)37-26(19)17-31(3)38(35,36)24-10-6-9-23(29)14-24/h6,9-10,13-15,19-21,26,33H,4-5,7-8,16-18H2,1-3H3/t19-,20+,26+/m1/s1. The first-order valence-electron chi connectivity index (χ1n) is 12.9. The first kappa shape index (κ1) is 28.0. The molecule has 1 aromatic heterocycles. The number of nitrogens with zero attached hydrogens (tertiary/aromatic N) is 3. The molecular weight excluding hydrogens is 509 g/mol. The minimum Gasteiger partial charge on any atom is -0.472 e. The van der Waals surface area contributed by atoms with Gasteiger partial charge in [0.05, 0.1) is 24.1 Å². The van der Waals surface area contributed by atoms with Crippen LogP contribution in [-0.2, 0) is 10.0 Å². The first-order chi connectivity index (χ1) is 18.1. The molecule has 1 saturated carbocycles. The molecule has 0 unspecified atom stereocenters. The molecule has 1 aliphatic heterocycles. The SMILES string of the molecule is C[C@@H]1CN([C@@H](C)CO)C(=O)c2cc(C#CC3CCCC3)cnc2O[C@H]1CN(C)S(=O)(=O)c1cccc(F)c1. The van der Waals surface area contributed by atoms with Gasteiger partial charge in [-0.1, -0.05) is 37.7 Å². The Morgan fingerprint density at radius 3 is 2.71 bits per heavy atom. The summed E-state index contributed by atoms with van der Waals surface area (Å²) in [4.78, 5) is 19.4. The minimum atomic E-state index is -4.00. The van der Waals surface area contributed by atoms with E-state index < -0.39 is 28.0 Å². The molecule has 3 atom stereocenters. The lowest BCUT2D eigenvalue weighted by Crippen LogP contribution is -2.50. The summed E-state index contributed by atoms with van der Waals surface area (Å²) in [6, 6.07) is 6.02. The van der Waals surface area contributed by atoms with Crippen LogP contribution >= 0.6 is 0 Å². The van der Waals surface area contributed by atoms with E-state index in [0.717, 1.165) is 23.2 Å². The van der Waals surface area contributed by atoms with Gasteiger partial charge in [-0.15, -0.1) is 0 Å². The van der Waals surface area contributed by atoms with Crippen LogP contribution in [-0.4, -0.2) is 72.5 Å². The smallest absolute Gasteiger partial charge is 0.259 e. The van der Waals surface area contributed by atoms with Crippen molar-refractivity contribution in [3.05, 3.63) is 53.5 Å². The minimum absolute atomic E-state index is 0.0556. The van der Waals surface area contributed by atoms with E-state index in [1.165, 1.54) is 38.1 Å². The van der Waals surface area contributed by atoms with Crippen LogP contribution in [0.3, 0.4) is 0 Å². The molecule has 1 amide bonds. The van der Waals surface area contributed by atoms with Crippen molar-refractivity contribution in [2.75, 3.05) is 26.7 Å². The second-order valence-corrected chi connectivity index (χ2v) is 12.2. The number of halogens is 1. The molecule has 2 aromatic rings. The molecule has 4 rings (SSSR count). The monoisotopic (exact) mass is 543 g/mol. The van der Waals surface area contributed by atoms with Crippen molar-refractivity contribution in [2.24, 2.45) is 11.8 Å².